The summed E-state index contributed by atoms with van der Waals surface area (Å²) in [6, 6.07) is 31.5. The number of likely N-dealkylation sites (N-methyl/N-ethyl adjacent to an activating group) is 2. The number of benzene rings is 4. The van der Waals surface area contributed by atoms with Gasteiger partial charge in [0.05, 0.1) is 14.2 Å². The van der Waals surface area contributed by atoms with Gasteiger partial charge in [0, 0.05) is 51.2 Å². The van der Waals surface area contributed by atoms with Gasteiger partial charge in [-0.3, -0.25) is 19.2 Å². The largest absolute Gasteiger partial charge is 0.497 e. The molecule has 0 fully saturated rings. The van der Waals surface area contributed by atoms with Crippen LogP contribution in [0.5, 0.6) is 11.5 Å². The van der Waals surface area contributed by atoms with Gasteiger partial charge in [-0.2, -0.15) is 0 Å². The lowest BCUT2D eigenvalue weighted by Crippen LogP contribution is -2.49. The van der Waals surface area contributed by atoms with E-state index in [1.54, 1.807) is 76.8 Å². The molecule has 0 saturated carbocycles. The second kappa shape index (κ2) is 18.1. The number of nitrogens with zero attached hydrogens (tertiary/aromatic N) is 2. The third kappa shape index (κ3) is 10.7. The van der Waals surface area contributed by atoms with Crippen molar-refractivity contribution in [3.8, 4) is 11.5 Å². The molecule has 0 saturated heterocycles. The van der Waals surface area contributed by atoms with Crippen LogP contribution in [0.3, 0.4) is 0 Å². The Labute approximate surface area is 288 Å². The summed E-state index contributed by atoms with van der Waals surface area (Å²) in [4.78, 5) is 56.5. The van der Waals surface area contributed by atoms with Gasteiger partial charge in [0.25, 0.3) is 0 Å². The van der Waals surface area contributed by atoms with Crippen molar-refractivity contribution in [3.63, 3.8) is 0 Å². The van der Waals surface area contributed by atoms with E-state index < -0.39 is 12.1 Å². The molecule has 4 aromatic carbocycles. The van der Waals surface area contributed by atoms with Crippen molar-refractivity contribution in [3.05, 3.63) is 120 Å². The quantitative estimate of drug-likeness (QED) is 0.175. The zero-order chi connectivity index (χ0) is 35.2. The minimum absolute atomic E-state index is 0.0291. The third-order valence-corrected chi connectivity index (χ3v) is 8.22. The van der Waals surface area contributed by atoms with Crippen LogP contribution in [0.2, 0.25) is 0 Å². The molecule has 0 spiro atoms. The molecule has 0 heterocycles. The number of anilines is 2. The Morgan fingerprint density at radius 1 is 0.551 bits per heavy atom. The standard InChI is InChI=1S/C39H44N4O6/c1-42(30-18-22-32(48-3)23-19-30)38(46)34(26-28-12-7-5-8-13-28)40-36(44)16-11-17-37(45)41-35(27-29-14-9-6-10-15-29)39(47)43(2)31-20-24-33(49-4)25-21-31/h5-10,12-15,18-25,34-35H,11,16-17,26-27H2,1-4H3,(H,40,44)(H,41,45)/t34-,35-/m0/s1. The van der Waals surface area contributed by atoms with E-state index in [0.29, 0.717) is 35.7 Å². The number of nitrogens with one attached hydrogen (secondary N) is 2. The SMILES string of the molecule is COc1ccc(N(C)C(=O)[C@H](Cc2ccccc2)NC(=O)CCCC(=O)N[C@@H](Cc2ccccc2)C(=O)N(C)c2ccc(OC)cc2)cc1. The first-order chi connectivity index (χ1) is 23.7. The molecule has 2 atom stereocenters. The normalized spacial score (nSPS) is 11.8. The van der Waals surface area contributed by atoms with Crippen LogP contribution < -0.4 is 29.9 Å². The molecule has 49 heavy (non-hydrogen) atoms. The number of ether oxygens (including phenoxy) is 2. The van der Waals surface area contributed by atoms with E-state index in [9.17, 15) is 19.2 Å². The fraction of sp³-hybridized carbons (Fsp3) is 0.282. The highest BCUT2D eigenvalue weighted by Crippen LogP contribution is 2.21. The van der Waals surface area contributed by atoms with E-state index in [4.69, 9.17) is 9.47 Å². The van der Waals surface area contributed by atoms with E-state index in [1.165, 1.54) is 9.80 Å². The van der Waals surface area contributed by atoms with Crippen molar-refractivity contribution in [1.29, 1.82) is 0 Å². The number of methoxy groups -OCH3 is 2. The van der Waals surface area contributed by atoms with Crippen LogP contribution in [0, 0.1) is 0 Å². The molecule has 4 aromatic rings. The first kappa shape index (κ1) is 36.2. The third-order valence-electron chi connectivity index (χ3n) is 8.22. The summed E-state index contributed by atoms with van der Waals surface area (Å²) in [7, 11) is 6.48. The molecule has 10 nitrogen and oxygen atoms in total. The van der Waals surface area contributed by atoms with E-state index in [2.05, 4.69) is 10.6 Å². The van der Waals surface area contributed by atoms with E-state index in [0.717, 1.165) is 11.1 Å². The summed E-state index contributed by atoms with van der Waals surface area (Å²) < 4.78 is 10.5. The molecule has 0 aliphatic rings. The van der Waals surface area contributed by atoms with Crippen molar-refractivity contribution in [2.75, 3.05) is 38.1 Å². The van der Waals surface area contributed by atoms with Crippen LogP contribution >= 0.6 is 0 Å². The Hall–Kier alpha value is -5.64. The van der Waals surface area contributed by atoms with Crippen LogP contribution in [-0.2, 0) is 32.0 Å². The van der Waals surface area contributed by atoms with Crippen LogP contribution in [0.25, 0.3) is 0 Å². The topological polar surface area (TPSA) is 117 Å². The zero-order valence-corrected chi connectivity index (χ0v) is 28.4. The molecular formula is C39H44N4O6. The van der Waals surface area contributed by atoms with Crippen molar-refractivity contribution in [1.82, 2.24) is 10.6 Å². The van der Waals surface area contributed by atoms with E-state index in [1.807, 2.05) is 60.7 Å². The van der Waals surface area contributed by atoms with Gasteiger partial charge in [0.2, 0.25) is 23.6 Å². The summed E-state index contributed by atoms with van der Waals surface area (Å²) in [5.41, 5.74) is 3.12. The first-order valence-electron chi connectivity index (χ1n) is 16.2. The number of rotatable bonds is 16. The molecular weight excluding hydrogens is 620 g/mol. The van der Waals surface area contributed by atoms with Crippen molar-refractivity contribution in [2.24, 2.45) is 0 Å². The fourth-order valence-corrected chi connectivity index (χ4v) is 5.38. The number of carbonyl (C=O) groups excluding carboxylic acids is 4. The molecule has 0 unspecified atom stereocenters. The molecule has 4 amide bonds. The Bertz CT molecular complexity index is 1540. The van der Waals surface area contributed by atoms with Gasteiger partial charge in [0.1, 0.15) is 23.6 Å². The maximum absolute atomic E-state index is 13.6. The monoisotopic (exact) mass is 664 g/mol. The summed E-state index contributed by atoms with van der Waals surface area (Å²) in [6.07, 6.45) is 0.899. The summed E-state index contributed by atoms with van der Waals surface area (Å²) in [5.74, 6) is 0.0972. The molecule has 0 aromatic heterocycles. The van der Waals surface area contributed by atoms with Crippen LogP contribution in [0.15, 0.2) is 109 Å². The Morgan fingerprint density at radius 2 is 0.898 bits per heavy atom. The lowest BCUT2D eigenvalue weighted by molar-refractivity contribution is -0.128. The summed E-state index contributed by atoms with van der Waals surface area (Å²) in [5, 5.41) is 5.78. The number of carbonyl (C=O) groups is 4. The molecule has 4 rings (SSSR count). The molecule has 0 aliphatic carbocycles. The van der Waals surface area contributed by atoms with Gasteiger partial charge >= 0.3 is 0 Å². The van der Waals surface area contributed by atoms with Gasteiger partial charge in [-0.05, 0) is 66.1 Å². The lowest BCUT2D eigenvalue weighted by Gasteiger charge is -2.25. The Morgan fingerprint density at radius 3 is 1.22 bits per heavy atom. The highest BCUT2D eigenvalue weighted by Gasteiger charge is 2.27. The fourth-order valence-electron chi connectivity index (χ4n) is 5.38. The lowest BCUT2D eigenvalue weighted by atomic mass is 10.0. The summed E-state index contributed by atoms with van der Waals surface area (Å²) >= 11 is 0. The zero-order valence-electron chi connectivity index (χ0n) is 28.4. The first-order valence-corrected chi connectivity index (χ1v) is 16.2. The number of hydrogen-bond acceptors (Lipinski definition) is 6. The second-order valence-electron chi connectivity index (χ2n) is 11.7. The van der Waals surface area contributed by atoms with Gasteiger partial charge in [-0.15, -0.1) is 0 Å². The molecule has 2 N–H and O–H groups in total. The van der Waals surface area contributed by atoms with Crippen LogP contribution in [0.1, 0.15) is 30.4 Å². The maximum Gasteiger partial charge on any atom is 0.249 e. The van der Waals surface area contributed by atoms with Gasteiger partial charge in [-0.1, -0.05) is 60.7 Å². The number of hydrogen-bond donors (Lipinski definition) is 2. The van der Waals surface area contributed by atoms with Gasteiger partial charge < -0.3 is 29.9 Å². The molecule has 0 radical (unpaired) electrons. The Kier molecular flexibility index (Phi) is 13.3. The summed E-state index contributed by atoms with van der Waals surface area (Å²) in [6.45, 7) is 0. The smallest absolute Gasteiger partial charge is 0.249 e. The van der Waals surface area contributed by atoms with Gasteiger partial charge in [-0.25, -0.2) is 0 Å². The second-order valence-corrected chi connectivity index (χ2v) is 11.7. The molecule has 0 bridgehead atoms. The molecule has 256 valence electrons. The van der Waals surface area contributed by atoms with E-state index >= 15 is 0 Å². The highest BCUT2D eigenvalue weighted by atomic mass is 16.5. The predicted octanol–water partition coefficient (Wildman–Crippen LogP) is 4.95. The van der Waals surface area contributed by atoms with Crippen LogP contribution in [0.4, 0.5) is 11.4 Å². The average molecular weight is 665 g/mol. The van der Waals surface area contributed by atoms with Gasteiger partial charge in [0.15, 0.2) is 0 Å². The predicted molar refractivity (Wildman–Crippen MR) is 191 cm³/mol. The average Bonchev–Trinajstić information content (AvgIpc) is 3.14. The number of amides is 4. The molecule has 10 heteroatoms. The van der Waals surface area contributed by atoms with E-state index in [-0.39, 0.29) is 42.9 Å². The Balaban J connectivity index is 1.37. The van der Waals surface area contributed by atoms with Crippen molar-refractivity contribution in [2.45, 2.75) is 44.2 Å². The minimum Gasteiger partial charge on any atom is -0.497 e. The maximum atomic E-state index is 13.6. The van der Waals surface area contributed by atoms with Crippen LogP contribution in [-0.4, -0.2) is 64.0 Å². The molecule has 0 aliphatic heterocycles. The van der Waals surface area contributed by atoms with Crippen molar-refractivity contribution >= 4 is 35.0 Å². The highest BCUT2D eigenvalue weighted by molar-refractivity contribution is 6.00. The minimum atomic E-state index is -0.822. The van der Waals surface area contributed by atoms with Crippen molar-refractivity contribution < 1.29 is 28.7 Å².